The molecule has 0 aromatic heterocycles. The monoisotopic (exact) mass is 211 g/mol. The van der Waals surface area contributed by atoms with Crippen LogP contribution in [0.5, 0.6) is 0 Å². The molecule has 2 nitrogen and oxygen atoms in total. The van der Waals surface area contributed by atoms with Crippen molar-refractivity contribution in [2.24, 2.45) is 17.8 Å². The molecule has 0 radical (unpaired) electrons. The zero-order chi connectivity index (χ0) is 10.8. The Morgan fingerprint density at radius 1 is 1.27 bits per heavy atom. The van der Waals surface area contributed by atoms with Crippen molar-refractivity contribution in [1.29, 1.82) is 0 Å². The molecule has 0 saturated heterocycles. The number of fused-ring (bicyclic) bond motifs is 2. The Morgan fingerprint density at radius 2 is 2.07 bits per heavy atom. The van der Waals surface area contributed by atoms with Crippen LogP contribution in [-0.2, 0) is 0 Å². The topological polar surface area (TPSA) is 32.3 Å². The van der Waals surface area contributed by atoms with E-state index >= 15 is 0 Å². The SMILES string of the molecule is CC(C)[C@H](O)CCN[C@@H]1C[C@H]2CC[C@H]1C2. The second kappa shape index (κ2) is 4.84. The van der Waals surface area contributed by atoms with Crippen molar-refractivity contribution in [2.75, 3.05) is 6.54 Å². The number of rotatable bonds is 5. The first kappa shape index (κ1) is 11.4. The molecule has 2 N–H and O–H groups in total. The van der Waals surface area contributed by atoms with Gasteiger partial charge in [-0.3, -0.25) is 0 Å². The number of nitrogens with one attached hydrogen (secondary N) is 1. The standard InChI is InChI=1S/C13H25NO/c1-9(2)13(15)5-6-14-12-8-10-3-4-11(12)7-10/h9-15H,3-8H2,1-2H3/t10-,11-,12+,13+/m0/s1. The average molecular weight is 211 g/mol. The van der Waals surface area contributed by atoms with E-state index < -0.39 is 0 Å². The summed E-state index contributed by atoms with van der Waals surface area (Å²) in [5, 5.41) is 13.3. The normalized spacial score (nSPS) is 36.4. The van der Waals surface area contributed by atoms with Crippen LogP contribution in [0, 0.1) is 17.8 Å². The summed E-state index contributed by atoms with van der Waals surface area (Å²) in [7, 11) is 0. The lowest BCUT2D eigenvalue weighted by Crippen LogP contribution is -2.36. The minimum absolute atomic E-state index is 0.129. The van der Waals surface area contributed by atoms with Crippen LogP contribution in [0.3, 0.4) is 0 Å². The molecule has 4 atom stereocenters. The van der Waals surface area contributed by atoms with Crippen LogP contribution in [0.2, 0.25) is 0 Å². The molecule has 0 aromatic carbocycles. The minimum Gasteiger partial charge on any atom is -0.393 e. The van der Waals surface area contributed by atoms with Crippen molar-refractivity contribution < 1.29 is 5.11 Å². The summed E-state index contributed by atoms with van der Waals surface area (Å²) in [6.07, 6.45) is 6.54. The lowest BCUT2D eigenvalue weighted by atomic mass is 9.95. The number of aliphatic hydroxyl groups excluding tert-OH is 1. The van der Waals surface area contributed by atoms with E-state index in [1.54, 1.807) is 0 Å². The van der Waals surface area contributed by atoms with Gasteiger partial charge < -0.3 is 10.4 Å². The highest BCUT2D eigenvalue weighted by Crippen LogP contribution is 2.44. The zero-order valence-electron chi connectivity index (χ0n) is 10.1. The van der Waals surface area contributed by atoms with E-state index in [0.29, 0.717) is 5.92 Å². The molecule has 15 heavy (non-hydrogen) atoms. The molecule has 2 fully saturated rings. The molecule has 2 bridgehead atoms. The third-order valence-corrected chi connectivity index (χ3v) is 4.35. The lowest BCUT2D eigenvalue weighted by molar-refractivity contribution is 0.114. The maximum absolute atomic E-state index is 9.69. The predicted molar refractivity (Wildman–Crippen MR) is 62.7 cm³/mol. The third kappa shape index (κ3) is 2.73. The highest BCUT2D eigenvalue weighted by atomic mass is 16.3. The molecule has 0 amide bonds. The molecule has 2 rings (SSSR count). The van der Waals surface area contributed by atoms with Crippen LogP contribution in [0.1, 0.15) is 46.0 Å². The Labute approximate surface area is 93.5 Å². The van der Waals surface area contributed by atoms with E-state index in [-0.39, 0.29) is 6.10 Å². The van der Waals surface area contributed by atoms with Gasteiger partial charge >= 0.3 is 0 Å². The van der Waals surface area contributed by atoms with Crippen molar-refractivity contribution in [1.82, 2.24) is 5.32 Å². The third-order valence-electron chi connectivity index (χ3n) is 4.35. The van der Waals surface area contributed by atoms with E-state index in [4.69, 9.17) is 0 Å². The molecule has 2 aliphatic carbocycles. The molecule has 2 aliphatic rings. The van der Waals surface area contributed by atoms with Crippen molar-refractivity contribution in [2.45, 2.75) is 58.1 Å². The molecule has 0 spiro atoms. The first-order valence-electron chi connectivity index (χ1n) is 6.58. The van der Waals surface area contributed by atoms with Gasteiger partial charge in [0.25, 0.3) is 0 Å². The fourth-order valence-electron chi connectivity index (χ4n) is 3.24. The Hall–Kier alpha value is -0.0800. The highest BCUT2D eigenvalue weighted by molar-refractivity contribution is 4.94. The van der Waals surface area contributed by atoms with Gasteiger partial charge in [0.1, 0.15) is 0 Å². The van der Waals surface area contributed by atoms with Gasteiger partial charge in [0.15, 0.2) is 0 Å². The Balaban J connectivity index is 1.62. The van der Waals surface area contributed by atoms with Gasteiger partial charge in [-0.25, -0.2) is 0 Å². The predicted octanol–water partition coefficient (Wildman–Crippen LogP) is 2.17. The van der Waals surface area contributed by atoms with E-state index in [1.165, 1.54) is 25.7 Å². The molecule has 88 valence electrons. The minimum atomic E-state index is -0.129. The van der Waals surface area contributed by atoms with E-state index in [1.807, 2.05) is 0 Å². The summed E-state index contributed by atoms with van der Waals surface area (Å²) >= 11 is 0. The molecule has 0 aromatic rings. The van der Waals surface area contributed by atoms with E-state index in [2.05, 4.69) is 19.2 Å². The molecular formula is C13H25NO. The maximum atomic E-state index is 9.69. The smallest absolute Gasteiger partial charge is 0.0575 e. The summed E-state index contributed by atoms with van der Waals surface area (Å²) in [5.74, 6) is 2.36. The van der Waals surface area contributed by atoms with Crippen molar-refractivity contribution >= 4 is 0 Å². The number of hydrogen-bond donors (Lipinski definition) is 2. The van der Waals surface area contributed by atoms with Gasteiger partial charge in [0.2, 0.25) is 0 Å². The fraction of sp³-hybridized carbons (Fsp3) is 1.00. The van der Waals surface area contributed by atoms with Crippen molar-refractivity contribution in [3.8, 4) is 0 Å². The van der Waals surface area contributed by atoms with Crippen LogP contribution in [-0.4, -0.2) is 23.8 Å². The molecule has 2 heteroatoms. The Kier molecular flexibility index (Phi) is 3.68. The Bertz CT molecular complexity index is 205. The van der Waals surface area contributed by atoms with Gasteiger partial charge in [0, 0.05) is 6.04 Å². The second-order valence-electron chi connectivity index (χ2n) is 5.84. The second-order valence-corrected chi connectivity index (χ2v) is 5.84. The Morgan fingerprint density at radius 3 is 2.60 bits per heavy atom. The van der Waals surface area contributed by atoms with E-state index in [0.717, 1.165) is 30.8 Å². The van der Waals surface area contributed by atoms with Gasteiger partial charge in [-0.05, 0) is 50.0 Å². The molecular weight excluding hydrogens is 186 g/mol. The van der Waals surface area contributed by atoms with Gasteiger partial charge in [-0.15, -0.1) is 0 Å². The molecule has 0 unspecified atom stereocenters. The first-order chi connectivity index (χ1) is 7.16. The van der Waals surface area contributed by atoms with Gasteiger partial charge in [-0.1, -0.05) is 20.3 Å². The molecule has 2 saturated carbocycles. The summed E-state index contributed by atoms with van der Waals surface area (Å²) in [4.78, 5) is 0. The fourth-order valence-corrected chi connectivity index (χ4v) is 3.24. The summed E-state index contributed by atoms with van der Waals surface area (Å²) in [5.41, 5.74) is 0. The van der Waals surface area contributed by atoms with E-state index in [9.17, 15) is 5.11 Å². The molecule has 0 heterocycles. The van der Waals surface area contributed by atoms with Crippen molar-refractivity contribution in [3.05, 3.63) is 0 Å². The largest absolute Gasteiger partial charge is 0.393 e. The van der Waals surface area contributed by atoms with Crippen LogP contribution < -0.4 is 5.32 Å². The molecule has 0 aliphatic heterocycles. The number of aliphatic hydroxyl groups is 1. The maximum Gasteiger partial charge on any atom is 0.0575 e. The van der Waals surface area contributed by atoms with Gasteiger partial charge in [0.05, 0.1) is 6.10 Å². The summed E-state index contributed by atoms with van der Waals surface area (Å²) < 4.78 is 0. The summed E-state index contributed by atoms with van der Waals surface area (Å²) in [6.45, 7) is 5.16. The summed E-state index contributed by atoms with van der Waals surface area (Å²) in [6, 6.07) is 0.767. The zero-order valence-corrected chi connectivity index (χ0v) is 10.1. The lowest BCUT2D eigenvalue weighted by Gasteiger charge is -2.24. The van der Waals surface area contributed by atoms with Crippen LogP contribution in [0.4, 0.5) is 0 Å². The highest BCUT2D eigenvalue weighted by Gasteiger charge is 2.38. The van der Waals surface area contributed by atoms with Crippen LogP contribution in [0.25, 0.3) is 0 Å². The van der Waals surface area contributed by atoms with Crippen LogP contribution in [0.15, 0.2) is 0 Å². The quantitative estimate of drug-likeness (QED) is 0.730. The average Bonchev–Trinajstić information content (AvgIpc) is 2.78. The van der Waals surface area contributed by atoms with Gasteiger partial charge in [-0.2, -0.15) is 0 Å². The van der Waals surface area contributed by atoms with Crippen LogP contribution >= 0.6 is 0 Å². The first-order valence-corrected chi connectivity index (χ1v) is 6.58. The van der Waals surface area contributed by atoms with Crippen molar-refractivity contribution in [3.63, 3.8) is 0 Å². The number of hydrogen-bond acceptors (Lipinski definition) is 2.